The fraction of sp³-hybridized carbons (Fsp3) is 0.500. The molecule has 2 aromatic heterocycles. The molecule has 1 aliphatic heterocycles. The lowest BCUT2D eigenvalue weighted by Crippen LogP contribution is -2.41. The van der Waals surface area contributed by atoms with Gasteiger partial charge in [0.2, 0.25) is 0 Å². The van der Waals surface area contributed by atoms with E-state index in [4.69, 9.17) is 16.3 Å². The van der Waals surface area contributed by atoms with Crippen molar-refractivity contribution in [1.29, 1.82) is 0 Å². The van der Waals surface area contributed by atoms with Crippen molar-refractivity contribution in [1.82, 2.24) is 25.0 Å². The van der Waals surface area contributed by atoms with Gasteiger partial charge in [-0.1, -0.05) is 11.6 Å². The van der Waals surface area contributed by atoms with E-state index < -0.39 is 11.9 Å². The lowest BCUT2D eigenvalue weighted by molar-refractivity contribution is -0.140. The first-order valence-corrected chi connectivity index (χ1v) is 13.2. The molecular weight excluding hydrogens is 521 g/mol. The zero-order valence-electron chi connectivity index (χ0n) is 20.8. The molecule has 8 nitrogen and oxygen atoms in total. The van der Waals surface area contributed by atoms with Crippen LogP contribution in [-0.4, -0.2) is 70.5 Å². The number of hydrogen-bond donors (Lipinski definition) is 2. The topological polar surface area (TPSA) is 84.3 Å². The number of amides is 1. The van der Waals surface area contributed by atoms with Crippen molar-refractivity contribution in [2.24, 2.45) is 0 Å². The maximum Gasteiger partial charge on any atom is 0.433 e. The van der Waals surface area contributed by atoms with Crippen LogP contribution in [0.5, 0.6) is 0 Å². The number of rotatable bonds is 7. The molecular formula is C26H30ClF3N6O2. The number of pyridine rings is 1. The molecule has 1 aliphatic carbocycles. The second-order valence-electron chi connectivity index (χ2n) is 9.84. The quantitative estimate of drug-likeness (QED) is 0.448. The third-order valence-electron chi connectivity index (χ3n) is 7.07. The smallest absolute Gasteiger partial charge is 0.382 e. The zero-order valence-corrected chi connectivity index (χ0v) is 21.6. The monoisotopic (exact) mass is 550 g/mol. The minimum absolute atomic E-state index is 0.107. The number of aromatic nitrogens is 3. The SMILES string of the molecule is O=C(N[C@@H]1CCC[C@H](Nc2cc(C(F)(F)F)nc3ccc(Cl)cc23)C1)c1cnn(CCN2CCOCC2)c1. The van der Waals surface area contributed by atoms with E-state index in [0.717, 1.165) is 58.2 Å². The summed E-state index contributed by atoms with van der Waals surface area (Å²) in [6.45, 7) is 4.79. The van der Waals surface area contributed by atoms with Crippen molar-refractivity contribution in [3.05, 3.63) is 52.9 Å². The Kier molecular flexibility index (Phi) is 8.06. The van der Waals surface area contributed by atoms with E-state index in [2.05, 4.69) is 25.6 Å². The van der Waals surface area contributed by atoms with Gasteiger partial charge >= 0.3 is 6.18 Å². The van der Waals surface area contributed by atoms with Gasteiger partial charge in [-0.15, -0.1) is 0 Å². The second-order valence-corrected chi connectivity index (χ2v) is 10.3. The summed E-state index contributed by atoms with van der Waals surface area (Å²) >= 11 is 6.12. The van der Waals surface area contributed by atoms with Crippen LogP contribution < -0.4 is 10.6 Å². The minimum atomic E-state index is -4.57. The van der Waals surface area contributed by atoms with Crippen LogP contribution >= 0.6 is 11.6 Å². The van der Waals surface area contributed by atoms with Crippen molar-refractivity contribution in [3.8, 4) is 0 Å². The Morgan fingerprint density at radius 1 is 1.13 bits per heavy atom. The summed E-state index contributed by atoms with van der Waals surface area (Å²) in [6.07, 6.45) is 1.74. The largest absolute Gasteiger partial charge is 0.433 e. The molecule has 1 aromatic carbocycles. The number of alkyl halides is 3. The van der Waals surface area contributed by atoms with Gasteiger partial charge in [0.15, 0.2) is 0 Å². The molecule has 38 heavy (non-hydrogen) atoms. The maximum atomic E-state index is 13.5. The first-order valence-electron chi connectivity index (χ1n) is 12.8. The molecule has 0 spiro atoms. The Balaban J connectivity index is 1.21. The van der Waals surface area contributed by atoms with Gasteiger partial charge in [-0.25, -0.2) is 4.98 Å². The Morgan fingerprint density at radius 3 is 2.71 bits per heavy atom. The van der Waals surface area contributed by atoms with Gasteiger partial charge in [-0.3, -0.25) is 14.4 Å². The standard InChI is InChI=1S/C26H30ClF3N6O2/c27-18-4-5-22-21(12-18)23(14-24(34-22)26(28,29)30)32-19-2-1-3-20(13-19)33-25(37)17-15-31-36(16-17)7-6-35-8-10-38-11-9-35/h4-5,12,14-16,19-20H,1-3,6-11,13H2,(H,32,34)(H,33,37)/t19-,20+/m0/s1. The van der Waals surface area contributed by atoms with Crippen LogP contribution in [0.1, 0.15) is 41.7 Å². The summed E-state index contributed by atoms with van der Waals surface area (Å²) in [5, 5.41) is 11.6. The molecule has 3 aromatic rings. The number of benzene rings is 1. The number of anilines is 1. The third-order valence-corrected chi connectivity index (χ3v) is 7.31. The molecule has 3 heterocycles. The molecule has 5 rings (SSSR count). The van der Waals surface area contributed by atoms with Crippen LogP contribution in [0, 0.1) is 0 Å². The van der Waals surface area contributed by atoms with Crippen molar-refractivity contribution in [2.75, 3.05) is 38.2 Å². The van der Waals surface area contributed by atoms with E-state index in [0.29, 0.717) is 34.6 Å². The summed E-state index contributed by atoms with van der Waals surface area (Å²) < 4.78 is 47.6. The molecule has 1 amide bonds. The van der Waals surface area contributed by atoms with Crippen LogP contribution in [0.4, 0.5) is 18.9 Å². The van der Waals surface area contributed by atoms with Crippen LogP contribution in [0.2, 0.25) is 5.02 Å². The van der Waals surface area contributed by atoms with Gasteiger partial charge in [0.1, 0.15) is 5.69 Å². The zero-order chi connectivity index (χ0) is 26.7. The molecule has 204 valence electrons. The number of fused-ring (bicyclic) bond motifs is 1. The highest BCUT2D eigenvalue weighted by Crippen LogP contribution is 2.35. The van der Waals surface area contributed by atoms with Crippen LogP contribution in [-0.2, 0) is 17.5 Å². The highest BCUT2D eigenvalue weighted by atomic mass is 35.5. The molecule has 2 N–H and O–H groups in total. The molecule has 1 saturated carbocycles. The maximum absolute atomic E-state index is 13.5. The normalized spacial score (nSPS) is 20.9. The van der Waals surface area contributed by atoms with Gasteiger partial charge in [0, 0.05) is 54.0 Å². The number of carbonyl (C=O) groups is 1. The molecule has 1 saturated heterocycles. The fourth-order valence-corrected chi connectivity index (χ4v) is 5.25. The Bertz CT molecular complexity index is 1280. The van der Waals surface area contributed by atoms with Gasteiger partial charge in [0.25, 0.3) is 5.91 Å². The lowest BCUT2D eigenvalue weighted by atomic mass is 9.90. The van der Waals surface area contributed by atoms with Crippen LogP contribution in [0.25, 0.3) is 10.9 Å². The molecule has 0 unspecified atom stereocenters. The molecule has 0 bridgehead atoms. The number of ether oxygens (including phenoxy) is 1. The van der Waals surface area contributed by atoms with E-state index in [9.17, 15) is 18.0 Å². The van der Waals surface area contributed by atoms with E-state index in [1.807, 2.05) is 0 Å². The van der Waals surface area contributed by atoms with E-state index >= 15 is 0 Å². The molecule has 2 atom stereocenters. The highest BCUT2D eigenvalue weighted by Gasteiger charge is 2.34. The summed E-state index contributed by atoms with van der Waals surface area (Å²) in [7, 11) is 0. The van der Waals surface area contributed by atoms with E-state index in [-0.39, 0.29) is 23.5 Å². The van der Waals surface area contributed by atoms with E-state index in [1.54, 1.807) is 23.1 Å². The number of hydrogen-bond acceptors (Lipinski definition) is 6. The lowest BCUT2D eigenvalue weighted by Gasteiger charge is -2.31. The number of nitrogens with zero attached hydrogens (tertiary/aromatic N) is 4. The Morgan fingerprint density at radius 2 is 1.92 bits per heavy atom. The summed E-state index contributed by atoms with van der Waals surface area (Å²) in [5.41, 5.74) is 0.0918. The predicted molar refractivity (Wildman–Crippen MR) is 138 cm³/mol. The fourth-order valence-electron chi connectivity index (χ4n) is 5.08. The average molecular weight is 551 g/mol. The van der Waals surface area contributed by atoms with Crippen molar-refractivity contribution in [3.63, 3.8) is 0 Å². The first-order chi connectivity index (χ1) is 18.2. The van der Waals surface area contributed by atoms with Crippen molar-refractivity contribution >= 4 is 34.1 Å². The number of halogens is 4. The predicted octanol–water partition coefficient (Wildman–Crippen LogP) is 4.59. The van der Waals surface area contributed by atoms with Gasteiger partial charge in [-0.2, -0.15) is 18.3 Å². The van der Waals surface area contributed by atoms with Crippen LogP contribution in [0.3, 0.4) is 0 Å². The van der Waals surface area contributed by atoms with Gasteiger partial charge < -0.3 is 15.4 Å². The Hall–Kier alpha value is -2.89. The average Bonchev–Trinajstić information content (AvgIpc) is 3.37. The number of nitrogens with one attached hydrogen (secondary N) is 2. The first kappa shape index (κ1) is 26.7. The van der Waals surface area contributed by atoms with Crippen molar-refractivity contribution < 1.29 is 22.7 Å². The Labute approximate surface area is 223 Å². The molecule has 2 aliphatic rings. The number of carbonyl (C=O) groups excluding carboxylic acids is 1. The number of morpholine rings is 1. The summed E-state index contributed by atoms with van der Waals surface area (Å²) in [5.74, 6) is -0.200. The molecule has 0 radical (unpaired) electrons. The summed E-state index contributed by atoms with van der Waals surface area (Å²) in [6, 6.07) is 5.44. The van der Waals surface area contributed by atoms with Gasteiger partial charge in [0.05, 0.1) is 37.0 Å². The third kappa shape index (κ3) is 6.57. The second kappa shape index (κ2) is 11.5. The minimum Gasteiger partial charge on any atom is -0.382 e. The van der Waals surface area contributed by atoms with E-state index in [1.165, 1.54) is 12.1 Å². The summed E-state index contributed by atoms with van der Waals surface area (Å²) in [4.78, 5) is 19.0. The van der Waals surface area contributed by atoms with Gasteiger partial charge in [-0.05, 0) is 49.9 Å². The molecule has 12 heteroatoms. The van der Waals surface area contributed by atoms with Crippen molar-refractivity contribution in [2.45, 2.75) is 50.5 Å². The highest BCUT2D eigenvalue weighted by molar-refractivity contribution is 6.31. The van der Waals surface area contributed by atoms with Crippen LogP contribution in [0.15, 0.2) is 36.7 Å². The molecule has 2 fully saturated rings.